The van der Waals surface area contributed by atoms with Gasteiger partial charge < -0.3 is 5.11 Å². The first kappa shape index (κ1) is 14.0. The summed E-state index contributed by atoms with van der Waals surface area (Å²) in [6.07, 6.45) is -3.54. The fourth-order valence-corrected chi connectivity index (χ4v) is 1.66. The molecule has 0 aliphatic rings. The van der Waals surface area contributed by atoms with Crippen molar-refractivity contribution in [3.8, 4) is 0 Å². The lowest BCUT2D eigenvalue weighted by atomic mass is 10.2. The van der Waals surface area contributed by atoms with Crippen LogP contribution in [0.15, 0.2) is 0 Å². The second kappa shape index (κ2) is 5.07. The molecular formula is C9H11F2N3O4. The van der Waals surface area contributed by atoms with Gasteiger partial charge in [-0.25, -0.2) is 8.78 Å². The molecule has 7 nitrogen and oxygen atoms in total. The molecule has 9 heteroatoms. The molecule has 18 heavy (non-hydrogen) atoms. The highest BCUT2D eigenvalue weighted by Gasteiger charge is 2.33. The third-order valence-corrected chi connectivity index (χ3v) is 2.37. The number of carboxylic acids is 1. The van der Waals surface area contributed by atoms with E-state index in [1.54, 1.807) is 0 Å². The number of aryl methyl sites for hydroxylation is 1. The summed E-state index contributed by atoms with van der Waals surface area (Å²) in [5.41, 5.74) is -1.78. The minimum absolute atomic E-state index is 0.160. The van der Waals surface area contributed by atoms with Gasteiger partial charge in [-0.05, 0) is 13.8 Å². The summed E-state index contributed by atoms with van der Waals surface area (Å²) < 4.78 is 26.4. The molecule has 1 atom stereocenters. The van der Waals surface area contributed by atoms with Gasteiger partial charge in [0, 0.05) is 0 Å². The van der Waals surface area contributed by atoms with E-state index >= 15 is 0 Å². The average molecular weight is 263 g/mol. The van der Waals surface area contributed by atoms with Gasteiger partial charge in [0.15, 0.2) is 5.69 Å². The normalized spacial score (nSPS) is 12.7. The van der Waals surface area contributed by atoms with Crippen LogP contribution in [0.25, 0.3) is 0 Å². The number of nitro groups is 1. The van der Waals surface area contributed by atoms with Crippen molar-refractivity contribution >= 4 is 11.7 Å². The van der Waals surface area contributed by atoms with E-state index in [0.717, 1.165) is 0 Å². The smallest absolute Gasteiger partial charge is 0.318 e. The van der Waals surface area contributed by atoms with E-state index in [0.29, 0.717) is 4.68 Å². The molecule has 1 N–H and O–H groups in total. The fourth-order valence-electron chi connectivity index (χ4n) is 1.66. The van der Waals surface area contributed by atoms with Crippen molar-refractivity contribution in [2.45, 2.75) is 32.7 Å². The molecular weight excluding hydrogens is 252 g/mol. The second-order valence-electron chi connectivity index (χ2n) is 3.77. The molecule has 0 saturated carbocycles. The Morgan fingerprint density at radius 2 is 2.17 bits per heavy atom. The van der Waals surface area contributed by atoms with Gasteiger partial charge in [0.05, 0.1) is 17.4 Å². The molecule has 1 heterocycles. The molecule has 0 aliphatic heterocycles. The molecule has 0 radical (unpaired) electrons. The van der Waals surface area contributed by atoms with E-state index in [2.05, 4.69) is 5.10 Å². The number of hydrogen-bond acceptors (Lipinski definition) is 4. The summed E-state index contributed by atoms with van der Waals surface area (Å²) in [7, 11) is 0. The van der Waals surface area contributed by atoms with E-state index < -0.39 is 41.2 Å². The molecule has 0 saturated heterocycles. The van der Waals surface area contributed by atoms with Gasteiger partial charge in [-0.15, -0.1) is 0 Å². The van der Waals surface area contributed by atoms with Crippen LogP contribution >= 0.6 is 0 Å². The molecule has 1 unspecified atom stereocenters. The molecule has 0 amide bonds. The Balaban J connectivity index is 3.32. The van der Waals surface area contributed by atoms with Crippen LogP contribution in [0.2, 0.25) is 0 Å². The van der Waals surface area contributed by atoms with Crippen molar-refractivity contribution < 1.29 is 23.6 Å². The SMILES string of the molecule is Cc1nn(C(C)CC(=O)O)c(C(F)F)c1[N+](=O)[O-]. The first-order chi connectivity index (χ1) is 8.25. The second-order valence-corrected chi connectivity index (χ2v) is 3.77. The highest BCUT2D eigenvalue weighted by Crippen LogP contribution is 2.33. The molecule has 0 aliphatic carbocycles. The summed E-state index contributed by atoms with van der Waals surface area (Å²) in [4.78, 5) is 20.3. The lowest BCUT2D eigenvalue weighted by Crippen LogP contribution is -2.15. The highest BCUT2D eigenvalue weighted by atomic mass is 19.3. The fraction of sp³-hybridized carbons (Fsp3) is 0.556. The number of alkyl halides is 2. The first-order valence-corrected chi connectivity index (χ1v) is 4.99. The van der Waals surface area contributed by atoms with Gasteiger partial charge in [0.25, 0.3) is 6.43 Å². The molecule has 0 spiro atoms. The average Bonchev–Trinajstić information content (AvgIpc) is 2.54. The Labute approximate surface area is 100 Å². The number of carboxylic acid groups (broad SMARTS) is 1. The Kier molecular flexibility index (Phi) is 3.94. The summed E-state index contributed by atoms with van der Waals surface area (Å²) in [6.45, 7) is 2.59. The van der Waals surface area contributed by atoms with Crippen molar-refractivity contribution in [1.82, 2.24) is 9.78 Å². The molecule has 0 bridgehead atoms. The van der Waals surface area contributed by atoms with Crippen molar-refractivity contribution in [1.29, 1.82) is 0 Å². The highest BCUT2D eigenvalue weighted by molar-refractivity contribution is 5.67. The van der Waals surface area contributed by atoms with Crippen LogP contribution in [0.5, 0.6) is 0 Å². The van der Waals surface area contributed by atoms with E-state index in [4.69, 9.17) is 5.11 Å². The van der Waals surface area contributed by atoms with Gasteiger partial charge in [-0.1, -0.05) is 0 Å². The van der Waals surface area contributed by atoms with Crippen molar-refractivity contribution in [2.75, 3.05) is 0 Å². The maximum atomic E-state index is 12.8. The number of aliphatic carboxylic acids is 1. The number of halogens is 2. The summed E-state index contributed by atoms with van der Waals surface area (Å²) in [5.74, 6) is -1.20. The lowest BCUT2D eigenvalue weighted by molar-refractivity contribution is -0.387. The van der Waals surface area contributed by atoms with E-state index in [-0.39, 0.29) is 5.69 Å². The van der Waals surface area contributed by atoms with Crippen molar-refractivity contribution in [3.05, 3.63) is 21.5 Å². The number of hydrogen-bond donors (Lipinski definition) is 1. The number of carbonyl (C=O) groups is 1. The van der Waals surface area contributed by atoms with E-state index in [1.165, 1.54) is 13.8 Å². The maximum Gasteiger partial charge on any atom is 0.318 e. The van der Waals surface area contributed by atoms with Crippen LogP contribution in [0.1, 0.15) is 37.2 Å². The van der Waals surface area contributed by atoms with Gasteiger partial charge >= 0.3 is 11.7 Å². The quantitative estimate of drug-likeness (QED) is 0.647. The van der Waals surface area contributed by atoms with Crippen molar-refractivity contribution in [2.24, 2.45) is 0 Å². The van der Waals surface area contributed by atoms with Crippen LogP contribution in [0.3, 0.4) is 0 Å². The van der Waals surface area contributed by atoms with E-state index in [1.807, 2.05) is 0 Å². The van der Waals surface area contributed by atoms with Crippen molar-refractivity contribution in [3.63, 3.8) is 0 Å². The summed E-state index contributed by atoms with van der Waals surface area (Å²) in [5, 5.41) is 22.9. The molecule has 100 valence electrons. The Bertz CT molecular complexity index is 486. The zero-order valence-electron chi connectivity index (χ0n) is 9.63. The van der Waals surface area contributed by atoms with Gasteiger partial charge in [0.1, 0.15) is 5.69 Å². The van der Waals surface area contributed by atoms with E-state index in [9.17, 15) is 23.7 Å². The number of nitrogens with zero attached hydrogens (tertiary/aromatic N) is 3. The minimum Gasteiger partial charge on any atom is -0.481 e. The molecule has 1 rings (SSSR count). The Hall–Kier alpha value is -2.06. The zero-order chi connectivity index (χ0) is 14.0. The third-order valence-electron chi connectivity index (χ3n) is 2.37. The molecule has 0 aromatic carbocycles. The largest absolute Gasteiger partial charge is 0.481 e. The van der Waals surface area contributed by atoms with Gasteiger partial charge in [0.2, 0.25) is 0 Å². The summed E-state index contributed by atoms with van der Waals surface area (Å²) >= 11 is 0. The third kappa shape index (κ3) is 2.60. The van der Waals surface area contributed by atoms with Crippen LogP contribution in [0.4, 0.5) is 14.5 Å². The zero-order valence-corrected chi connectivity index (χ0v) is 9.63. The Morgan fingerprint density at radius 3 is 2.56 bits per heavy atom. The van der Waals surface area contributed by atoms with Gasteiger partial charge in [-0.3, -0.25) is 19.6 Å². The number of rotatable bonds is 5. The predicted octanol–water partition coefficient (Wildman–Crippen LogP) is 2.07. The number of aromatic nitrogens is 2. The minimum atomic E-state index is -3.09. The molecule has 1 aromatic heterocycles. The Morgan fingerprint density at radius 1 is 1.61 bits per heavy atom. The van der Waals surface area contributed by atoms with Crippen LogP contribution in [-0.2, 0) is 4.79 Å². The first-order valence-electron chi connectivity index (χ1n) is 4.99. The topological polar surface area (TPSA) is 98.3 Å². The van der Waals surface area contributed by atoms with Crippen LogP contribution < -0.4 is 0 Å². The monoisotopic (exact) mass is 263 g/mol. The standard InChI is InChI=1S/C9H11F2N3O4/c1-4(3-6(15)16)13-8(9(10)11)7(14(17)18)5(2)12-13/h4,9H,3H2,1-2H3,(H,15,16). The van der Waals surface area contributed by atoms with Crippen LogP contribution in [0, 0.1) is 17.0 Å². The maximum absolute atomic E-state index is 12.8. The van der Waals surface area contributed by atoms with Gasteiger partial charge in [-0.2, -0.15) is 5.10 Å². The summed E-state index contributed by atoms with van der Waals surface area (Å²) in [6, 6.07) is -0.890. The molecule has 1 aromatic rings. The predicted molar refractivity (Wildman–Crippen MR) is 55.5 cm³/mol. The van der Waals surface area contributed by atoms with Crippen LogP contribution in [-0.4, -0.2) is 25.8 Å². The molecule has 0 fully saturated rings. The lowest BCUT2D eigenvalue weighted by Gasteiger charge is -2.12.